The van der Waals surface area contributed by atoms with Crippen LogP contribution in [0.25, 0.3) is 0 Å². The van der Waals surface area contributed by atoms with Crippen LogP contribution in [-0.4, -0.2) is 26.0 Å². The summed E-state index contributed by atoms with van der Waals surface area (Å²) in [5.41, 5.74) is -0.481. The lowest BCUT2D eigenvalue weighted by Gasteiger charge is -2.44. The van der Waals surface area contributed by atoms with Crippen LogP contribution in [0.4, 0.5) is 0 Å². The Morgan fingerprint density at radius 2 is 2.11 bits per heavy atom. The van der Waals surface area contributed by atoms with Crippen LogP contribution >= 0.6 is 0 Å². The van der Waals surface area contributed by atoms with Crippen LogP contribution < -0.4 is 0 Å². The molecule has 2 atom stereocenters. The maximum Gasteiger partial charge on any atom is 0.306 e. The molecule has 0 saturated carbocycles. The monoisotopic (exact) mass is 282 g/mol. The van der Waals surface area contributed by atoms with E-state index in [1.165, 1.54) is 0 Å². The van der Waals surface area contributed by atoms with Gasteiger partial charge in [0.1, 0.15) is 0 Å². The Balaban J connectivity index is 2.19. The Kier molecular flexibility index (Phi) is 3.69. The molecule has 1 fully saturated rings. The molecule has 0 N–H and O–H groups in total. The molecular formula is C15H26O3Si. The molecule has 2 rings (SSSR count). The Bertz CT molecular complexity index is 395. The minimum absolute atomic E-state index is 0.0323. The first-order chi connectivity index (χ1) is 8.66. The third kappa shape index (κ3) is 2.79. The van der Waals surface area contributed by atoms with Crippen LogP contribution in [0.5, 0.6) is 0 Å². The Morgan fingerprint density at radius 1 is 1.42 bits per heavy atom. The van der Waals surface area contributed by atoms with Crippen molar-refractivity contribution in [2.24, 2.45) is 0 Å². The summed E-state index contributed by atoms with van der Waals surface area (Å²) in [7, 11) is -1.83. The average molecular weight is 282 g/mol. The maximum absolute atomic E-state index is 11.5. The van der Waals surface area contributed by atoms with Gasteiger partial charge in [0.05, 0.1) is 6.10 Å². The summed E-state index contributed by atoms with van der Waals surface area (Å²) in [6.07, 6.45) is 7.48. The molecule has 2 aliphatic rings. The second-order valence-electron chi connectivity index (χ2n) is 7.28. The summed E-state index contributed by atoms with van der Waals surface area (Å²) >= 11 is 0. The molecule has 4 heteroatoms. The van der Waals surface area contributed by atoms with Crippen LogP contribution in [-0.2, 0) is 14.0 Å². The molecule has 3 nitrogen and oxygen atoms in total. The van der Waals surface area contributed by atoms with Crippen molar-refractivity contribution in [1.29, 1.82) is 0 Å². The van der Waals surface area contributed by atoms with Crippen LogP contribution in [0.1, 0.15) is 46.5 Å². The molecule has 1 saturated heterocycles. The van der Waals surface area contributed by atoms with Gasteiger partial charge in [-0.15, -0.1) is 0 Å². The summed E-state index contributed by atoms with van der Waals surface area (Å²) in [6.45, 7) is 11.2. The number of carbonyl (C=O) groups excluding carboxylic acids is 1. The number of carbonyl (C=O) groups is 1. The molecule has 0 radical (unpaired) electrons. The van der Waals surface area contributed by atoms with Crippen LogP contribution in [0.2, 0.25) is 18.1 Å². The van der Waals surface area contributed by atoms with E-state index >= 15 is 0 Å². The van der Waals surface area contributed by atoms with Gasteiger partial charge in [0.15, 0.2) is 13.9 Å². The third-order valence-electron chi connectivity index (χ3n) is 4.81. The van der Waals surface area contributed by atoms with Gasteiger partial charge in [0, 0.05) is 12.8 Å². The number of hydrogen-bond acceptors (Lipinski definition) is 3. The van der Waals surface area contributed by atoms with Crippen LogP contribution in [0, 0.1) is 0 Å². The molecule has 1 aliphatic heterocycles. The lowest BCUT2D eigenvalue weighted by molar-refractivity contribution is -0.152. The van der Waals surface area contributed by atoms with E-state index < -0.39 is 13.9 Å². The molecule has 0 bridgehead atoms. The fourth-order valence-electron chi connectivity index (χ4n) is 2.53. The molecule has 1 heterocycles. The number of rotatable bonds is 2. The van der Waals surface area contributed by atoms with E-state index in [1.807, 2.05) is 0 Å². The minimum atomic E-state index is -1.83. The highest BCUT2D eigenvalue weighted by atomic mass is 28.4. The SMILES string of the molecule is CC(C)(C)[Si](C)(C)O[C@@H]1CCC=C[C@@]12CCC(=O)O2. The first kappa shape index (κ1) is 14.8. The van der Waals surface area contributed by atoms with E-state index in [0.717, 1.165) is 19.3 Å². The zero-order chi connectivity index (χ0) is 14.3. The Hall–Kier alpha value is -0.613. The van der Waals surface area contributed by atoms with E-state index in [1.54, 1.807) is 0 Å². The zero-order valence-electron chi connectivity index (χ0n) is 12.8. The van der Waals surface area contributed by atoms with Gasteiger partial charge in [-0.1, -0.05) is 26.8 Å². The van der Waals surface area contributed by atoms with E-state index in [2.05, 4.69) is 46.0 Å². The highest BCUT2D eigenvalue weighted by molar-refractivity contribution is 6.74. The molecule has 0 aromatic heterocycles. The van der Waals surface area contributed by atoms with E-state index in [-0.39, 0.29) is 17.1 Å². The van der Waals surface area contributed by atoms with Crippen molar-refractivity contribution in [3.8, 4) is 0 Å². The highest BCUT2D eigenvalue weighted by Gasteiger charge is 2.50. The highest BCUT2D eigenvalue weighted by Crippen LogP contribution is 2.43. The Morgan fingerprint density at radius 3 is 2.63 bits per heavy atom. The molecule has 1 aliphatic carbocycles. The Labute approximate surface area is 117 Å². The molecular weight excluding hydrogens is 256 g/mol. The second-order valence-corrected chi connectivity index (χ2v) is 12.0. The van der Waals surface area contributed by atoms with Gasteiger partial charge in [-0.2, -0.15) is 0 Å². The van der Waals surface area contributed by atoms with Gasteiger partial charge in [-0.05, 0) is 37.0 Å². The normalized spacial score (nSPS) is 31.8. The molecule has 0 aromatic carbocycles. The first-order valence-electron chi connectivity index (χ1n) is 7.24. The summed E-state index contributed by atoms with van der Waals surface area (Å²) in [6, 6.07) is 0. The summed E-state index contributed by atoms with van der Waals surface area (Å²) in [4.78, 5) is 11.5. The average Bonchev–Trinajstić information content (AvgIpc) is 2.63. The predicted molar refractivity (Wildman–Crippen MR) is 78.5 cm³/mol. The van der Waals surface area contributed by atoms with Crippen molar-refractivity contribution in [2.75, 3.05) is 0 Å². The van der Waals surface area contributed by atoms with Crippen molar-refractivity contribution in [3.63, 3.8) is 0 Å². The quantitative estimate of drug-likeness (QED) is 0.439. The van der Waals surface area contributed by atoms with Crippen molar-refractivity contribution in [2.45, 2.75) is 76.3 Å². The molecule has 108 valence electrons. The largest absolute Gasteiger partial charge is 0.452 e. The van der Waals surface area contributed by atoms with Gasteiger partial charge < -0.3 is 9.16 Å². The van der Waals surface area contributed by atoms with Gasteiger partial charge in [0.25, 0.3) is 0 Å². The lowest BCUT2D eigenvalue weighted by Crippen LogP contribution is -2.52. The molecule has 1 spiro atoms. The summed E-state index contributed by atoms with van der Waals surface area (Å²) in [5, 5.41) is 0.179. The molecule has 0 aromatic rings. The molecule has 0 unspecified atom stereocenters. The number of allylic oxidation sites excluding steroid dienone is 1. The van der Waals surface area contributed by atoms with Crippen molar-refractivity contribution in [3.05, 3.63) is 12.2 Å². The first-order valence-corrected chi connectivity index (χ1v) is 10.1. The van der Waals surface area contributed by atoms with E-state index in [9.17, 15) is 4.79 Å². The third-order valence-corrected chi connectivity index (χ3v) is 9.29. The van der Waals surface area contributed by atoms with E-state index in [4.69, 9.17) is 9.16 Å². The predicted octanol–water partition coefficient (Wildman–Crippen LogP) is 3.80. The molecule has 0 amide bonds. The van der Waals surface area contributed by atoms with Crippen molar-refractivity contribution >= 4 is 14.3 Å². The van der Waals surface area contributed by atoms with Gasteiger partial charge >= 0.3 is 5.97 Å². The van der Waals surface area contributed by atoms with Gasteiger partial charge in [-0.3, -0.25) is 4.79 Å². The fourth-order valence-corrected chi connectivity index (χ4v) is 3.91. The second kappa shape index (κ2) is 4.74. The summed E-state index contributed by atoms with van der Waals surface area (Å²) in [5.74, 6) is -0.0876. The standard InChI is InChI=1S/C15H26O3Si/c1-14(2,3)19(4,5)18-12-8-6-7-10-15(12)11-9-13(16)17-15/h7,10,12H,6,8-9,11H2,1-5H3/t12-,15-/m1/s1. The smallest absolute Gasteiger partial charge is 0.306 e. The topological polar surface area (TPSA) is 35.5 Å². The lowest BCUT2D eigenvalue weighted by atomic mass is 9.86. The van der Waals surface area contributed by atoms with Crippen LogP contribution in [0.3, 0.4) is 0 Å². The van der Waals surface area contributed by atoms with Gasteiger partial charge in [-0.25, -0.2) is 0 Å². The van der Waals surface area contributed by atoms with Crippen molar-refractivity contribution in [1.82, 2.24) is 0 Å². The molecule has 19 heavy (non-hydrogen) atoms. The zero-order valence-corrected chi connectivity index (χ0v) is 13.8. The van der Waals surface area contributed by atoms with Crippen molar-refractivity contribution < 1.29 is 14.0 Å². The van der Waals surface area contributed by atoms with Crippen LogP contribution in [0.15, 0.2) is 12.2 Å². The maximum atomic E-state index is 11.5. The number of ether oxygens (including phenoxy) is 1. The van der Waals surface area contributed by atoms with E-state index in [0.29, 0.717) is 6.42 Å². The fraction of sp³-hybridized carbons (Fsp3) is 0.800. The number of hydrogen-bond donors (Lipinski definition) is 0. The van der Waals surface area contributed by atoms with Gasteiger partial charge in [0.2, 0.25) is 0 Å². The summed E-state index contributed by atoms with van der Waals surface area (Å²) < 4.78 is 12.2. The minimum Gasteiger partial charge on any atom is -0.452 e. The number of esters is 1.